The normalized spacial score (nSPS) is 15.9. The smallest absolute Gasteiger partial charge is 0.258 e. The third kappa shape index (κ3) is 6.15. The number of hydrogen-bond acceptors (Lipinski definition) is 6. The van der Waals surface area contributed by atoms with Crippen LogP contribution in [0, 0.1) is 5.82 Å². The van der Waals surface area contributed by atoms with Gasteiger partial charge in [-0.15, -0.1) is 0 Å². The van der Waals surface area contributed by atoms with Crippen molar-refractivity contribution in [2.45, 2.75) is 36.1 Å². The average molecular weight is 500 g/mol. The summed E-state index contributed by atoms with van der Waals surface area (Å²) >= 11 is 0. The van der Waals surface area contributed by atoms with Crippen LogP contribution < -0.4 is 10.0 Å². The Morgan fingerprint density at radius 3 is 2.30 bits per heavy atom. The number of ether oxygens (including phenoxy) is 1. The Morgan fingerprint density at radius 2 is 1.67 bits per heavy atom. The summed E-state index contributed by atoms with van der Waals surface area (Å²) in [6.07, 6.45) is 0. The second kappa shape index (κ2) is 9.47. The van der Waals surface area contributed by atoms with E-state index in [9.17, 15) is 26.0 Å². The predicted molar refractivity (Wildman–Crippen MR) is 120 cm³/mol. The highest BCUT2D eigenvalue weighted by molar-refractivity contribution is 7.89. The first-order chi connectivity index (χ1) is 15.3. The molecule has 0 bridgehead atoms. The molecule has 1 aliphatic rings. The zero-order valence-corrected chi connectivity index (χ0v) is 20.1. The predicted octanol–water partition coefficient (Wildman–Crippen LogP) is 2.18. The Bertz CT molecular complexity index is 1250. The number of anilines is 1. The van der Waals surface area contributed by atoms with Crippen LogP contribution in [-0.4, -0.2) is 58.9 Å². The fraction of sp³-hybridized carbons (Fsp3) is 0.381. The van der Waals surface area contributed by atoms with E-state index in [1.54, 1.807) is 20.8 Å². The van der Waals surface area contributed by atoms with E-state index in [4.69, 9.17) is 4.74 Å². The highest BCUT2D eigenvalue weighted by atomic mass is 32.2. The number of carbonyl (C=O) groups is 1. The van der Waals surface area contributed by atoms with Crippen LogP contribution in [0.15, 0.2) is 52.3 Å². The number of nitrogens with one attached hydrogen (secondary N) is 2. The summed E-state index contributed by atoms with van der Waals surface area (Å²) in [4.78, 5) is 12.4. The molecule has 9 nitrogen and oxygen atoms in total. The van der Waals surface area contributed by atoms with Gasteiger partial charge in [0.25, 0.3) is 5.91 Å². The second-order valence-electron chi connectivity index (χ2n) is 8.50. The van der Waals surface area contributed by atoms with Crippen LogP contribution in [0.25, 0.3) is 0 Å². The molecule has 2 N–H and O–H groups in total. The molecule has 0 aromatic heterocycles. The standard InChI is InChI=1S/C21H26FN3O6S2/c1-21(2,3)24-32(27,28)16-6-4-5-15(13-16)23-20(26)18-14-17(7-8-19(18)22)33(29,30)25-9-11-31-12-10-25/h4-8,13-14,24H,9-12H2,1-3H3,(H,23,26). The number of carbonyl (C=O) groups excluding carboxylic acids is 1. The third-order valence-corrected chi connectivity index (χ3v) is 8.28. The molecule has 1 saturated heterocycles. The number of morpholine rings is 1. The topological polar surface area (TPSA) is 122 Å². The Morgan fingerprint density at radius 1 is 1.00 bits per heavy atom. The Kier molecular flexibility index (Phi) is 7.24. The monoisotopic (exact) mass is 499 g/mol. The summed E-state index contributed by atoms with van der Waals surface area (Å²) in [6.45, 7) is 5.88. The number of hydrogen-bond donors (Lipinski definition) is 2. The Balaban J connectivity index is 1.86. The molecule has 1 fully saturated rings. The van der Waals surface area contributed by atoms with Gasteiger partial charge in [0, 0.05) is 24.3 Å². The minimum Gasteiger partial charge on any atom is -0.379 e. The van der Waals surface area contributed by atoms with Crippen LogP contribution >= 0.6 is 0 Å². The molecular formula is C21H26FN3O6S2. The molecule has 2 aromatic rings. The van der Waals surface area contributed by atoms with Crippen LogP contribution in [0.1, 0.15) is 31.1 Å². The van der Waals surface area contributed by atoms with Crippen molar-refractivity contribution in [3.05, 3.63) is 53.8 Å². The molecule has 12 heteroatoms. The quantitative estimate of drug-likeness (QED) is 0.628. The summed E-state index contributed by atoms with van der Waals surface area (Å²) in [5.74, 6) is -1.82. The van der Waals surface area contributed by atoms with Crippen molar-refractivity contribution < 1.29 is 30.8 Å². The first kappa shape index (κ1) is 25.2. The lowest BCUT2D eigenvalue weighted by Crippen LogP contribution is -2.40. The fourth-order valence-corrected chi connectivity index (χ4v) is 6.07. The first-order valence-electron chi connectivity index (χ1n) is 10.1. The Labute approximate surface area is 193 Å². The summed E-state index contributed by atoms with van der Waals surface area (Å²) in [7, 11) is -7.79. The van der Waals surface area contributed by atoms with E-state index in [1.165, 1.54) is 28.6 Å². The number of nitrogens with zero attached hydrogens (tertiary/aromatic N) is 1. The Hall–Kier alpha value is -2.38. The van der Waals surface area contributed by atoms with E-state index < -0.39 is 42.9 Å². The van der Waals surface area contributed by atoms with E-state index in [1.807, 2.05) is 0 Å². The van der Waals surface area contributed by atoms with Gasteiger partial charge in [0.2, 0.25) is 20.0 Å². The molecular weight excluding hydrogens is 473 g/mol. The van der Waals surface area contributed by atoms with E-state index in [0.717, 1.165) is 18.2 Å². The van der Waals surface area contributed by atoms with Crippen molar-refractivity contribution in [1.29, 1.82) is 0 Å². The molecule has 0 saturated carbocycles. The van der Waals surface area contributed by atoms with Gasteiger partial charge in [0.1, 0.15) is 5.82 Å². The largest absolute Gasteiger partial charge is 0.379 e. The van der Waals surface area contributed by atoms with Gasteiger partial charge in [-0.25, -0.2) is 25.9 Å². The summed E-state index contributed by atoms with van der Waals surface area (Å²) in [5.41, 5.74) is -1.09. The summed E-state index contributed by atoms with van der Waals surface area (Å²) < 4.78 is 74.1. The van der Waals surface area contributed by atoms with Crippen LogP contribution in [0.3, 0.4) is 0 Å². The second-order valence-corrected chi connectivity index (χ2v) is 12.1. The minimum absolute atomic E-state index is 0.0839. The molecule has 2 aromatic carbocycles. The molecule has 1 aliphatic heterocycles. The molecule has 1 heterocycles. The van der Waals surface area contributed by atoms with Gasteiger partial charge in [-0.05, 0) is 57.2 Å². The maximum Gasteiger partial charge on any atom is 0.258 e. The van der Waals surface area contributed by atoms with Crippen LogP contribution in [0.4, 0.5) is 10.1 Å². The zero-order chi connectivity index (χ0) is 24.4. The third-order valence-electron chi connectivity index (χ3n) is 4.63. The SMILES string of the molecule is CC(C)(C)NS(=O)(=O)c1cccc(NC(=O)c2cc(S(=O)(=O)N3CCOCC3)ccc2F)c1. The van der Waals surface area contributed by atoms with E-state index in [2.05, 4.69) is 10.0 Å². The van der Waals surface area contributed by atoms with Gasteiger partial charge in [0.05, 0.1) is 28.6 Å². The van der Waals surface area contributed by atoms with Crippen molar-refractivity contribution in [3.63, 3.8) is 0 Å². The van der Waals surface area contributed by atoms with Gasteiger partial charge in [0.15, 0.2) is 0 Å². The molecule has 3 rings (SSSR count). The van der Waals surface area contributed by atoms with E-state index >= 15 is 0 Å². The molecule has 33 heavy (non-hydrogen) atoms. The number of sulfonamides is 2. The number of benzene rings is 2. The van der Waals surface area contributed by atoms with Crippen LogP contribution in [-0.2, 0) is 24.8 Å². The van der Waals surface area contributed by atoms with Crippen molar-refractivity contribution >= 4 is 31.6 Å². The van der Waals surface area contributed by atoms with Gasteiger partial charge < -0.3 is 10.1 Å². The number of halogens is 1. The maximum absolute atomic E-state index is 14.4. The van der Waals surface area contributed by atoms with E-state index in [0.29, 0.717) is 0 Å². The molecule has 0 unspecified atom stereocenters. The van der Waals surface area contributed by atoms with E-state index in [-0.39, 0.29) is 41.8 Å². The van der Waals surface area contributed by atoms with Crippen LogP contribution in [0.5, 0.6) is 0 Å². The van der Waals surface area contributed by atoms with Crippen molar-refractivity contribution in [3.8, 4) is 0 Å². The number of rotatable bonds is 6. The lowest BCUT2D eigenvalue weighted by molar-refractivity contribution is 0.0730. The minimum atomic E-state index is -3.93. The van der Waals surface area contributed by atoms with Crippen LogP contribution in [0.2, 0.25) is 0 Å². The van der Waals surface area contributed by atoms with Gasteiger partial charge >= 0.3 is 0 Å². The lowest BCUT2D eigenvalue weighted by atomic mass is 10.1. The maximum atomic E-state index is 14.4. The molecule has 180 valence electrons. The molecule has 1 amide bonds. The molecule has 0 aliphatic carbocycles. The lowest BCUT2D eigenvalue weighted by Gasteiger charge is -2.26. The molecule has 0 spiro atoms. The van der Waals surface area contributed by atoms with Crippen molar-refractivity contribution in [2.75, 3.05) is 31.6 Å². The highest BCUT2D eigenvalue weighted by Crippen LogP contribution is 2.22. The summed E-state index contributed by atoms with van der Waals surface area (Å²) in [5, 5.41) is 2.43. The van der Waals surface area contributed by atoms with Gasteiger partial charge in [-0.2, -0.15) is 4.31 Å². The summed E-state index contributed by atoms with van der Waals surface area (Å²) in [6, 6.07) is 8.46. The fourth-order valence-electron chi connectivity index (χ4n) is 3.18. The zero-order valence-electron chi connectivity index (χ0n) is 18.5. The average Bonchev–Trinajstić information content (AvgIpc) is 2.73. The highest BCUT2D eigenvalue weighted by Gasteiger charge is 2.28. The first-order valence-corrected chi connectivity index (χ1v) is 13.0. The molecule has 0 radical (unpaired) electrons. The van der Waals surface area contributed by atoms with Gasteiger partial charge in [-0.1, -0.05) is 6.07 Å². The van der Waals surface area contributed by atoms with Crippen molar-refractivity contribution in [2.24, 2.45) is 0 Å². The molecule has 0 atom stereocenters. The number of amides is 1. The van der Waals surface area contributed by atoms with Gasteiger partial charge in [-0.3, -0.25) is 4.79 Å². The van der Waals surface area contributed by atoms with Crippen molar-refractivity contribution in [1.82, 2.24) is 9.03 Å².